The van der Waals surface area contributed by atoms with Crippen molar-refractivity contribution in [1.29, 1.82) is 0 Å². The third kappa shape index (κ3) is 3.80. The zero-order valence-electron chi connectivity index (χ0n) is 15.1. The van der Waals surface area contributed by atoms with Gasteiger partial charge in [-0.3, -0.25) is 19.2 Å². The first-order chi connectivity index (χ1) is 12.3. The summed E-state index contributed by atoms with van der Waals surface area (Å²) < 4.78 is 18.9. The van der Waals surface area contributed by atoms with Gasteiger partial charge in [-0.1, -0.05) is 0 Å². The first-order valence-corrected chi connectivity index (χ1v) is 7.59. The van der Waals surface area contributed by atoms with Crippen molar-refractivity contribution >= 4 is 23.9 Å². The minimum absolute atomic E-state index is 0.237. The summed E-state index contributed by atoms with van der Waals surface area (Å²) in [6.07, 6.45) is -0.947. The van der Waals surface area contributed by atoms with Crippen LogP contribution in [0.15, 0.2) is 0 Å². The summed E-state index contributed by atoms with van der Waals surface area (Å²) >= 11 is 0. The number of methoxy groups -OCH3 is 4. The number of hydrogen-bond donors (Lipinski definition) is 0. The molecule has 0 fully saturated rings. The maximum absolute atomic E-state index is 12.2. The topological polar surface area (TPSA) is 105 Å². The van der Waals surface area contributed by atoms with Crippen molar-refractivity contribution in [2.45, 2.75) is 25.7 Å². The molecule has 0 atom stereocenters. The van der Waals surface area contributed by atoms with Gasteiger partial charge in [0.15, 0.2) is 10.8 Å². The summed E-state index contributed by atoms with van der Waals surface area (Å²) in [5.41, 5.74) is -3.39. The molecule has 0 unspecified atom stereocenters. The normalized spacial score (nSPS) is 17.1. The van der Waals surface area contributed by atoms with Crippen LogP contribution in [0.2, 0.25) is 0 Å². The van der Waals surface area contributed by atoms with Crippen LogP contribution in [0, 0.1) is 34.5 Å². The van der Waals surface area contributed by atoms with E-state index >= 15 is 0 Å². The average Bonchev–Trinajstić information content (AvgIpc) is 2.68. The highest BCUT2D eigenvalue weighted by molar-refractivity contribution is 6.01. The molecule has 1 rings (SSSR count). The van der Waals surface area contributed by atoms with E-state index in [0.717, 1.165) is 28.4 Å². The molecule has 1 aliphatic rings. The van der Waals surface area contributed by atoms with Gasteiger partial charge in [0.05, 0.1) is 28.4 Å². The monoisotopic (exact) mass is 364 g/mol. The lowest BCUT2D eigenvalue weighted by Gasteiger charge is -2.26. The maximum atomic E-state index is 12.2. The van der Waals surface area contributed by atoms with Crippen molar-refractivity contribution in [3.8, 4) is 23.7 Å². The summed E-state index contributed by atoms with van der Waals surface area (Å²) in [5.74, 6) is 7.34. The number of rotatable bonds is 4. The molecule has 0 N–H and O–H groups in total. The zero-order valence-corrected chi connectivity index (χ0v) is 15.1. The highest BCUT2D eigenvalue weighted by atomic mass is 16.6. The summed E-state index contributed by atoms with van der Waals surface area (Å²) in [5, 5.41) is 0. The van der Waals surface area contributed by atoms with Gasteiger partial charge in [-0.05, 0) is 0 Å². The molecular formula is C18H20O8. The minimum atomic E-state index is -1.69. The molecule has 8 nitrogen and oxygen atoms in total. The van der Waals surface area contributed by atoms with Gasteiger partial charge in [-0.15, -0.1) is 23.7 Å². The highest BCUT2D eigenvalue weighted by Gasteiger charge is 2.50. The molecule has 0 heterocycles. The van der Waals surface area contributed by atoms with Gasteiger partial charge in [0.25, 0.3) is 0 Å². The lowest BCUT2D eigenvalue weighted by atomic mass is 9.78. The van der Waals surface area contributed by atoms with E-state index in [1.807, 2.05) is 0 Å². The Labute approximate surface area is 151 Å². The van der Waals surface area contributed by atoms with Crippen LogP contribution >= 0.6 is 0 Å². The van der Waals surface area contributed by atoms with Gasteiger partial charge >= 0.3 is 23.9 Å². The molecule has 0 radical (unpaired) electrons. The molecule has 0 amide bonds. The summed E-state index contributed by atoms with van der Waals surface area (Å²) in [4.78, 5) is 48.7. The smallest absolute Gasteiger partial charge is 0.325 e. The van der Waals surface area contributed by atoms with Crippen LogP contribution in [-0.4, -0.2) is 52.3 Å². The molecule has 0 spiro atoms. The third-order valence-electron chi connectivity index (χ3n) is 4.12. The Bertz CT molecular complexity index is 595. The largest absolute Gasteiger partial charge is 0.468 e. The van der Waals surface area contributed by atoms with E-state index in [0.29, 0.717) is 0 Å². The second-order valence-corrected chi connectivity index (χ2v) is 5.54. The average molecular weight is 364 g/mol. The highest BCUT2D eigenvalue weighted by Crippen LogP contribution is 2.33. The molecule has 8 heteroatoms. The van der Waals surface area contributed by atoms with Crippen molar-refractivity contribution in [2.75, 3.05) is 28.4 Å². The second-order valence-electron chi connectivity index (χ2n) is 5.54. The van der Waals surface area contributed by atoms with E-state index < -0.39 is 34.7 Å². The van der Waals surface area contributed by atoms with E-state index in [1.165, 1.54) is 0 Å². The summed E-state index contributed by atoms with van der Waals surface area (Å²) in [6.45, 7) is 0. The molecule has 0 aromatic rings. The second kappa shape index (κ2) is 8.91. The molecular weight excluding hydrogens is 344 g/mol. The van der Waals surface area contributed by atoms with Gasteiger partial charge in [-0.2, -0.15) is 0 Å². The molecule has 0 saturated heterocycles. The third-order valence-corrected chi connectivity index (χ3v) is 4.12. The van der Waals surface area contributed by atoms with E-state index in [4.69, 9.17) is 18.9 Å². The summed E-state index contributed by atoms with van der Waals surface area (Å²) in [7, 11) is 4.58. The van der Waals surface area contributed by atoms with E-state index in [2.05, 4.69) is 23.7 Å². The van der Waals surface area contributed by atoms with E-state index in [-0.39, 0.29) is 25.7 Å². The Balaban J connectivity index is 3.36. The van der Waals surface area contributed by atoms with Crippen molar-refractivity contribution in [3.05, 3.63) is 0 Å². The molecule has 26 heavy (non-hydrogen) atoms. The molecule has 0 aromatic heterocycles. The Morgan fingerprint density at radius 3 is 0.885 bits per heavy atom. The van der Waals surface area contributed by atoms with Crippen molar-refractivity contribution < 1.29 is 38.1 Å². The lowest BCUT2D eigenvalue weighted by molar-refractivity contribution is -0.170. The van der Waals surface area contributed by atoms with Crippen molar-refractivity contribution in [2.24, 2.45) is 10.8 Å². The fraction of sp³-hybridized carbons (Fsp3) is 0.556. The van der Waals surface area contributed by atoms with Crippen LogP contribution in [0.4, 0.5) is 0 Å². The molecule has 0 aliphatic heterocycles. The van der Waals surface area contributed by atoms with Crippen LogP contribution < -0.4 is 0 Å². The maximum Gasteiger partial charge on any atom is 0.325 e. The zero-order chi connectivity index (χ0) is 19.8. The molecule has 1 aliphatic carbocycles. The van der Waals surface area contributed by atoms with Crippen LogP contribution in [0.25, 0.3) is 0 Å². The van der Waals surface area contributed by atoms with Crippen molar-refractivity contribution in [3.63, 3.8) is 0 Å². The Kier molecular flexibility index (Phi) is 7.21. The fourth-order valence-corrected chi connectivity index (χ4v) is 2.50. The van der Waals surface area contributed by atoms with E-state index in [1.54, 1.807) is 0 Å². The van der Waals surface area contributed by atoms with Gasteiger partial charge in [0.2, 0.25) is 0 Å². The molecule has 0 bridgehead atoms. The predicted octanol–water partition coefficient (Wildman–Crippen LogP) is 0.232. The van der Waals surface area contributed by atoms with Gasteiger partial charge in [0.1, 0.15) is 0 Å². The van der Waals surface area contributed by atoms with Crippen LogP contribution in [0.5, 0.6) is 0 Å². The first-order valence-electron chi connectivity index (χ1n) is 7.59. The standard InChI is InChI=1S/C18H20O8/c1-23-13(19)17(14(20)24-2)9-5-7-11-18(15(21)25-3,16(22)26-4)12-8-6-10-17/h9-12H2,1-4H3. The SMILES string of the molecule is COC(=O)C1(C(=O)OC)CC#CCC(C(=O)OC)(C(=O)OC)CC#CC1. The molecule has 0 saturated carbocycles. The van der Waals surface area contributed by atoms with Gasteiger partial charge < -0.3 is 18.9 Å². The molecule has 140 valence electrons. The Hall–Kier alpha value is -3.00. The van der Waals surface area contributed by atoms with Gasteiger partial charge in [-0.25, -0.2) is 0 Å². The van der Waals surface area contributed by atoms with Crippen LogP contribution in [0.3, 0.4) is 0 Å². The number of hydrogen-bond acceptors (Lipinski definition) is 8. The Morgan fingerprint density at radius 2 is 0.731 bits per heavy atom. The van der Waals surface area contributed by atoms with Gasteiger partial charge in [0, 0.05) is 25.7 Å². The summed E-state index contributed by atoms with van der Waals surface area (Å²) in [6, 6.07) is 0. The lowest BCUT2D eigenvalue weighted by Crippen LogP contribution is -2.42. The number of carbonyl (C=O) groups excluding carboxylic acids is 4. The number of carbonyl (C=O) groups is 4. The fourth-order valence-electron chi connectivity index (χ4n) is 2.50. The minimum Gasteiger partial charge on any atom is -0.468 e. The predicted molar refractivity (Wildman–Crippen MR) is 87.0 cm³/mol. The molecule has 0 aromatic carbocycles. The van der Waals surface area contributed by atoms with Crippen molar-refractivity contribution in [1.82, 2.24) is 0 Å². The quantitative estimate of drug-likeness (QED) is 0.302. The Morgan fingerprint density at radius 1 is 0.538 bits per heavy atom. The van der Waals surface area contributed by atoms with Crippen LogP contribution in [-0.2, 0) is 38.1 Å². The van der Waals surface area contributed by atoms with E-state index in [9.17, 15) is 19.2 Å². The van der Waals surface area contributed by atoms with Crippen LogP contribution in [0.1, 0.15) is 25.7 Å². The number of ether oxygens (including phenoxy) is 4. The number of esters is 4. The first kappa shape index (κ1) is 21.0.